The number of phenolic OH excluding ortho intramolecular Hbond substituents is 1. The minimum atomic E-state index is -0.291. The highest BCUT2D eigenvalue weighted by atomic mass is 16.5. The Hall–Kier alpha value is -3.18. The second-order valence-corrected chi connectivity index (χ2v) is 5.98. The van der Waals surface area contributed by atoms with Crippen molar-refractivity contribution in [3.05, 3.63) is 71.3 Å². The Labute approximate surface area is 159 Å². The lowest BCUT2D eigenvalue weighted by Crippen LogP contribution is -2.04. The molecule has 140 valence electrons. The summed E-state index contributed by atoms with van der Waals surface area (Å²) in [6, 6.07) is 12.6. The summed E-state index contributed by atoms with van der Waals surface area (Å²) in [6.45, 7) is 0.788. The number of rotatable bonds is 9. The van der Waals surface area contributed by atoms with Crippen LogP contribution in [-0.2, 0) is 16.1 Å². The Kier molecular flexibility index (Phi) is 7.52. The minimum absolute atomic E-state index is 0.0280. The van der Waals surface area contributed by atoms with Gasteiger partial charge in [-0.3, -0.25) is 9.59 Å². The van der Waals surface area contributed by atoms with Crippen LogP contribution in [0.15, 0.2) is 54.6 Å². The van der Waals surface area contributed by atoms with Gasteiger partial charge in [-0.05, 0) is 48.0 Å². The van der Waals surface area contributed by atoms with Gasteiger partial charge >= 0.3 is 0 Å². The van der Waals surface area contributed by atoms with E-state index in [0.29, 0.717) is 11.3 Å². The molecule has 0 aliphatic rings. The van der Waals surface area contributed by atoms with E-state index in [1.165, 1.54) is 25.3 Å². The molecule has 2 aromatic carbocycles. The first-order chi connectivity index (χ1) is 13.0. The summed E-state index contributed by atoms with van der Waals surface area (Å²) >= 11 is 0. The standard InChI is InChI=1S/C22H23NO4/c1-23-15-18-5-3-16(4-6-18)7-10-19(24)14-20(25)11-8-17-9-12-21(26)22(13-17)27-2/h3-13,23,26H,14-15H2,1-2H3/b10-7+,11-8+. The summed E-state index contributed by atoms with van der Waals surface area (Å²) in [7, 11) is 3.34. The van der Waals surface area contributed by atoms with E-state index in [-0.39, 0.29) is 23.7 Å². The smallest absolute Gasteiger partial charge is 0.163 e. The lowest BCUT2D eigenvalue weighted by molar-refractivity contribution is -0.121. The summed E-state index contributed by atoms with van der Waals surface area (Å²) in [5.74, 6) is -0.196. The van der Waals surface area contributed by atoms with Crippen LogP contribution in [0.2, 0.25) is 0 Å². The number of allylic oxidation sites excluding steroid dienone is 2. The van der Waals surface area contributed by atoms with E-state index in [4.69, 9.17) is 4.74 Å². The Bertz CT molecular complexity index is 851. The number of ketones is 2. The number of hydrogen-bond acceptors (Lipinski definition) is 5. The van der Waals surface area contributed by atoms with Crippen LogP contribution in [0.25, 0.3) is 12.2 Å². The Morgan fingerprint density at radius 2 is 1.59 bits per heavy atom. The van der Waals surface area contributed by atoms with Gasteiger partial charge in [-0.25, -0.2) is 0 Å². The zero-order chi connectivity index (χ0) is 19.6. The van der Waals surface area contributed by atoms with Crippen molar-refractivity contribution in [3.8, 4) is 11.5 Å². The molecular weight excluding hydrogens is 342 g/mol. The summed E-state index contributed by atoms with van der Waals surface area (Å²) in [6.07, 6.45) is 5.86. The highest BCUT2D eigenvalue weighted by Crippen LogP contribution is 2.26. The average molecular weight is 365 g/mol. The maximum absolute atomic E-state index is 11.9. The van der Waals surface area contributed by atoms with Crippen LogP contribution in [-0.4, -0.2) is 30.8 Å². The maximum Gasteiger partial charge on any atom is 0.163 e. The molecule has 0 atom stereocenters. The number of aromatic hydroxyl groups is 1. The fourth-order valence-electron chi connectivity index (χ4n) is 2.42. The van der Waals surface area contributed by atoms with Gasteiger partial charge in [-0.2, -0.15) is 0 Å². The highest BCUT2D eigenvalue weighted by Gasteiger charge is 2.05. The zero-order valence-corrected chi connectivity index (χ0v) is 15.4. The predicted molar refractivity (Wildman–Crippen MR) is 107 cm³/mol. The molecule has 0 unspecified atom stereocenters. The molecule has 0 amide bonds. The zero-order valence-electron chi connectivity index (χ0n) is 15.4. The molecule has 5 nitrogen and oxygen atoms in total. The van der Waals surface area contributed by atoms with Gasteiger partial charge in [0.15, 0.2) is 23.1 Å². The van der Waals surface area contributed by atoms with Crippen molar-refractivity contribution < 1.29 is 19.4 Å². The van der Waals surface area contributed by atoms with Crippen LogP contribution in [0.5, 0.6) is 11.5 Å². The van der Waals surface area contributed by atoms with Gasteiger partial charge in [-0.15, -0.1) is 0 Å². The molecule has 0 saturated carbocycles. The molecule has 27 heavy (non-hydrogen) atoms. The molecule has 0 aliphatic heterocycles. The van der Waals surface area contributed by atoms with Crippen molar-refractivity contribution in [3.63, 3.8) is 0 Å². The lowest BCUT2D eigenvalue weighted by Gasteiger charge is -2.03. The first-order valence-electron chi connectivity index (χ1n) is 8.54. The fourth-order valence-corrected chi connectivity index (χ4v) is 2.42. The molecule has 5 heteroatoms. The fraction of sp³-hybridized carbons (Fsp3) is 0.182. The van der Waals surface area contributed by atoms with E-state index >= 15 is 0 Å². The number of ether oxygens (including phenoxy) is 1. The summed E-state index contributed by atoms with van der Waals surface area (Å²) in [4.78, 5) is 23.9. The van der Waals surface area contributed by atoms with Crippen LogP contribution in [0, 0.1) is 0 Å². The van der Waals surface area contributed by atoms with Gasteiger partial charge < -0.3 is 15.2 Å². The number of hydrogen-bond donors (Lipinski definition) is 2. The maximum atomic E-state index is 11.9. The number of nitrogens with one attached hydrogen (secondary N) is 1. The van der Waals surface area contributed by atoms with Crippen molar-refractivity contribution in [2.24, 2.45) is 0 Å². The van der Waals surface area contributed by atoms with E-state index in [0.717, 1.165) is 17.7 Å². The summed E-state index contributed by atoms with van der Waals surface area (Å²) in [5.41, 5.74) is 2.76. The molecule has 2 aromatic rings. The molecule has 0 radical (unpaired) electrons. The third kappa shape index (κ3) is 6.56. The SMILES string of the molecule is CNCc1ccc(/C=C/C(=O)CC(=O)/C=C/c2ccc(O)c(OC)c2)cc1. The molecule has 0 spiro atoms. The lowest BCUT2D eigenvalue weighted by atomic mass is 10.1. The topological polar surface area (TPSA) is 75.6 Å². The Morgan fingerprint density at radius 3 is 2.19 bits per heavy atom. The third-order valence-electron chi connectivity index (χ3n) is 3.84. The molecule has 0 saturated heterocycles. The average Bonchev–Trinajstić information content (AvgIpc) is 2.67. The van der Waals surface area contributed by atoms with Crippen molar-refractivity contribution in [1.82, 2.24) is 5.32 Å². The highest BCUT2D eigenvalue weighted by molar-refractivity contribution is 6.10. The van der Waals surface area contributed by atoms with Crippen LogP contribution in [0.3, 0.4) is 0 Å². The molecule has 0 heterocycles. The number of carbonyl (C=O) groups is 2. The van der Waals surface area contributed by atoms with Gasteiger partial charge in [0.2, 0.25) is 0 Å². The normalized spacial score (nSPS) is 11.2. The summed E-state index contributed by atoms with van der Waals surface area (Å²) in [5, 5.41) is 12.6. The van der Waals surface area contributed by atoms with Gasteiger partial charge in [0.05, 0.1) is 13.5 Å². The number of carbonyl (C=O) groups excluding carboxylic acids is 2. The predicted octanol–water partition coefficient (Wildman–Crippen LogP) is 3.38. The molecule has 2 N–H and O–H groups in total. The minimum Gasteiger partial charge on any atom is -0.504 e. The number of methoxy groups -OCH3 is 1. The van der Waals surface area contributed by atoms with E-state index in [2.05, 4.69) is 5.32 Å². The Balaban J connectivity index is 1.90. The van der Waals surface area contributed by atoms with Crippen molar-refractivity contribution in [1.29, 1.82) is 0 Å². The van der Waals surface area contributed by atoms with Gasteiger partial charge in [0.1, 0.15) is 0 Å². The Morgan fingerprint density at radius 1 is 1.00 bits per heavy atom. The first kappa shape index (κ1) is 20.1. The number of phenols is 1. The third-order valence-corrected chi connectivity index (χ3v) is 3.84. The van der Waals surface area contributed by atoms with Crippen molar-refractivity contribution in [2.75, 3.05) is 14.2 Å². The largest absolute Gasteiger partial charge is 0.504 e. The van der Waals surface area contributed by atoms with Crippen LogP contribution >= 0.6 is 0 Å². The second kappa shape index (κ2) is 10.1. The van der Waals surface area contributed by atoms with Crippen molar-refractivity contribution >= 4 is 23.7 Å². The first-order valence-corrected chi connectivity index (χ1v) is 8.54. The summed E-state index contributed by atoms with van der Waals surface area (Å²) < 4.78 is 5.02. The molecular formula is C22H23NO4. The molecule has 0 aliphatic carbocycles. The van der Waals surface area contributed by atoms with Crippen LogP contribution in [0.4, 0.5) is 0 Å². The monoisotopic (exact) mass is 365 g/mol. The molecule has 0 aromatic heterocycles. The number of benzene rings is 2. The van der Waals surface area contributed by atoms with E-state index in [1.54, 1.807) is 24.3 Å². The van der Waals surface area contributed by atoms with E-state index in [1.807, 2.05) is 31.3 Å². The molecule has 0 fully saturated rings. The quantitative estimate of drug-likeness (QED) is 0.526. The van der Waals surface area contributed by atoms with E-state index < -0.39 is 0 Å². The van der Waals surface area contributed by atoms with Crippen molar-refractivity contribution in [2.45, 2.75) is 13.0 Å². The van der Waals surface area contributed by atoms with Crippen LogP contribution in [0.1, 0.15) is 23.1 Å². The van der Waals surface area contributed by atoms with E-state index in [9.17, 15) is 14.7 Å². The second-order valence-electron chi connectivity index (χ2n) is 5.98. The molecule has 0 bridgehead atoms. The van der Waals surface area contributed by atoms with Gasteiger partial charge in [0.25, 0.3) is 0 Å². The van der Waals surface area contributed by atoms with Gasteiger partial charge in [0, 0.05) is 6.54 Å². The van der Waals surface area contributed by atoms with Crippen LogP contribution < -0.4 is 10.1 Å². The van der Waals surface area contributed by atoms with Gasteiger partial charge in [-0.1, -0.05) is 42.5 Å². The molecule has 2 rings (SSSR count).